The first-order valence-corrected chi connectivity index (χ1v) is 7.25. The molecule has 1 aliphatic rings. The third-order valence-electron chi connectivity index (χ3n) is 3.62. The molecule has 0 saturated heterocycles. The van der Waals surface area contributed by atoms with Crippen LogP contribution in [0.2, 0.25) is 0 Å². The van der Waals surface area contributed by atoms with Crippen LogP contribution in [0.4, 0.5) is 11.6 Å². The summed E-state index contributed by atoms with van der Waals surface area (Å²) < 4.78 is 0. The van der Waals surface area contributed by atoms with Crippen molar-refractivity contribution in [3.05, 3.63) is 47.8 Å². The van der Waals surface area contributed by atoms with Gasteiger partial charge in [0.15, 0.2) is 0 Å². The number of rotatable bonds is 4. The van der Waals surface area contributed by atoms with E-state index in [4.69, 9.17) is 0 Å². The van der Waals surface area contributed by atoms with Gasteiger partial charge in [0.2, 0.25) is 5.95 Å². The number of fused-ring (bicyclic) bond motifs is 1. The molecule has 4 heteroatoms. The molecule has 1 N–H and O–H groups in total. The number of hydrogen-bond acceptors (Lipinski definition) is 4. The van der Waals surface area contributed by atoms with Crippen LogP contribution in [0.1, 0.15) is 24.5 Å². The van der Waals surface area contributed by atoms with Gasteiger partial charge in [-0.15, -0.1) is 0 Å². The third-order valence-corrected chi connectivity index (χ3v) is 3.62. The van der Waals surface area contributed by atoms with Gasteiger partial charge in [-0.2, -0.15) is 0 Å². The lowest BCUT2D eigenvalue weighted by Crippen LogP contribution is -2.26. The predicted molar refractivity (Wildman–Crippen MR) is 81.2 cm³/mol. The summed E-state index contributed by atoms with van der Waals surface area (Å²) in [4.78, 5) is 11.3. The smallest absolute Gasteiger partial charge is 0.229 e. The van der Waals surface area contributed by atoms with Crippen molar-refractivity contribution in [3.8, 4) is 0 Å². The Morgan fingerprint density at radius 1 is 1.20 bits per heavy atom. The first kappa shape index (κ1) is 13.1. The first-order chi connectivity index (χ1) is 9.88. The minimum atomic E-state index is 0.803. The number of para-hydroxylation sites is 1. The third kappa shape index (κ3) is 2.65. The van der Waals surface area contributed by atoms with Gasteiger partial charge in [0.25, 0.3) is 0 Å². The lowest BCUT2D eigenvalue weighted by atomic mass is 10.0. The van der Waals surface area contributed by atoms with Crippen LogP contribution in [-0.4, -0.2) is 23.1 Å². The largest absolute Gasteiger partial charge is 0.313 e. The fraction of sp³-hybridized carbons (Fsp3) is 0.375. The summed E-state index contributed by atoms with van der Waals surface area (Å²) in [6, 6.07) is 8.53. The zero-order valence-corrected chi connectivity index (χ0v) is 11.8. The van der Waals surface area contributed by atoms with E-state index in [-0.39, 0.29) is 0 Å². The van der Waals surface area contributed by atoms with Gasteiger partial charge in [-0.05, 0) is 31.0 Å². The predicted octanol–water partition coefficient (Wildman–Crippen LogP) is 2.67. The lowest BCUT2D eigenvalue weighted by molar-refractivity contribution is 0.716. The zero-order valence-electron chi connectivity index (χ0n) is 11.8. The van der Waals surface area contributed by atoms with E-state index in [0.717, 1.165) is 44.0 Å². The summed E-state index contributed by atoms with van der Waals surface area (Å²) in [6.45, 7) is 4.87. The van der Waals surface area contributed by atoms with Crippen LogP contribution in [0.15, 0.2) is 36.7 Å². The van der Waals surface area contributed by atoms with E-state index in [1.54, 1.807) is 0 Å². The molecule has 0 aliphatic carbocycles. The van der Waals surface area contributed by atoms with Crippen molar-refractivity contribution >= 4 is 11.6 Å². The van der Waals surface area contributed by atoms with Crippen molar-refractivity contribution < 1.29 is 0 Å². The van der Waals surface area contributed by atoms with E-state index < -0.39 is 0 Å². The van der Waals surface area contributed by atoms with E-state index in [2.05, 4.69) is 51.4 Å². The molecule has 0 radical (unpaired) electrons. The van der Waals surface area contributed by atoms with Gasteiger partial charge >= 0.3 is 0 Å². The fourth-order valence-electron chi connectivity index (χ4n) is 2.59. The number of nitrogens with zero attached hydrogens (tertiary/aromatic N) is 3. The molecule has 0 amide bonds. The summed E-state index contributed by atoms with van der Waals surface area (Å²) >= 11 is 0. The molecule has 3 rings (SSSR count). The van der Waals surface area contributed by atoms with Gasteiger partial charge < -0.3 is 10.2 Å². The fourth-order valence-corrected chi connectivity index (χ4v) is 2.59. The Morgan fingerprint density at radius 2 is 2.00 bits per heavy atom. The average molecular weight is 268 g/mol. The van der Waals surface area contributed by atoms with Crippen LogP contribution in [-0.2, 0) is 13.0 Å². The second kappa shape index (κ2) is 6.01. The van der Waals surface area contributed by atoms with Crippen molar-refractivity contribution in [3.63, 3.8) is 0 Å². The Labute approximate surface area is 119 Å². The van der Waals surface area contributed by atoms with Gasteiger partial charge in [-0.3, -0.25) is 0 Å². The second-order valence-electron chi connectivity index (χ2n) is 5.06. The van der Waals surface area contributed by atoms with E-state index in [1.807, 2.05) is 12.4 Å². The summed E-state index contributed by atoms with van der Waals surface area (Å²) in [6.07, 6.45) is 6.13. The lowest BCUT2D eigenvalue weighted by Gasteiger charge is -2.29. The molecule has 0 spiro atoms. The van der Waals surface area contributed by atoms with Crippen molar-refractivity contribution in [2.24, 2.45) is 0 Å². The number of hydrogen-bond donors (Lipinski definition) is 1. The molecular formula is C16H20N4. The summed E-state index contributed by atoms with van der Waals surface area (Å²) in [5, 5.41) is 3.29. The van der Waals surface area contributed by atoms with Crippen LogP contribution in [0.3, 0.4) is 0 Å². The van der Waals surface area contributed by atoms with Crippen molar-refractivity contribution in [2.75, 3.05) is 18.0 Å². The van der Waals surface area contributed by atoms with Crippen LogP contribution < -0.4 is 10.2 Å². The number of benzene rings is 1. The van der Waals surface area contributed by atoms with Gasteiger partial charge in [-0.25, -0.2) is 9.97 Å². The normalized spacial score (nSPS) is 14.2. The second-order valence-corrected chi connectivity index (χ2v) is 5.06. The Bertz CT molecular complexity index is 565. The standard InChI is InChI=1S/C16H20N4/c1-2-17-10-13-11-18-16(19-12-13)20-9-5-7-14-6-3-4-8-15(14)20/h3-4,6,8,11-12,17H,2,5,7,9-10H2,1H3. The molecule has 1 aliphatic heterocycles. The Hall–Kier alpha value is -1.94. The highest BCUT2D eigenvalue weighted by Crippen LogP contribution is 2.30. The maximum absolute atomic E-state index is 4.53. The highest BCUT2D eigenvalue weighted by atomic mass is 15.3. The number of anilines is 2. The number of aromatic nitrogens is 2. The van der Waals surface area contributed by atoms with Crippen LogP contribution >= 0.6 is 0 Å². The quantitative estimate of drug-likeness (QED) is 0.925. The molecule has 0 saturated carbocycles. The number of nitrogens with one attached hydrogen (secondary N) is 1. The maximum atomic E-state index is 4.53. The maximum Gasteiger partial charge on any atom is 0.229 e. The molecule has 0 bridgehead atoms. The number of aryl methyl sites for hydroxylation is 1. The zero-order chi connectivity index (χ0) is 13.8. The summed E-state index contributed by atoms with van der Waals surface area (Å²) in [5.41, 5.74) is 3.76. The highest BCUT2D eigenvalue weighted by molar-refractivity contribution is 5.63. The van der Waals surface area contributed by atoms with Crippen molar-refractivity contribution in [1.82, 2.24) is 15.3 Å². The minimum Gasteiger partial charge on any atom is -0.313 e. The van der Waals surface area contributed by atoms with E-state index in [1.165, 1.54) is 11.3 Å². The van der Waals surface area contributed by atoms with Crippen LogP contribution in [0.5, 0.6) is 0 Å². The molecular weight excluding hydrogens is 248 g/mol. The molecule has 0 unspecified atom stereocenters. The van der Waals surface area contributed by atoms with Crippen molar-refractivity contribution in [2.45, 2.75) is 26.3 Å². The van der Waals surface area contributed by atoms with Gasteiger partial charge in [0.1, 0.15) is 0 Å². The molecule has 2 aromatic rings. The summed E-state index contributed by atoms with van der Waals surface area (Å²) in [7, 11) is 0. The Morgan fingerprint density at radius 3 is 2.80 bits per heavy atom. The Balaban J connectivity index is 1.83. The van der Waals surface area contributed by atoms with E-state index in [9.17, 15) is 0 Å². The van der Waals surface area contributed by atoms with Gasteiger partial charge in [0.05, 0.1) is 0 Å². The highest BCUT2D eigenvalue weighted by Gasteiger charge is 2.19. The van der Waals surface area contributed by atoms with Gasteiger partial charge in [0, 0.05) is 36.7 Å². The van der Waals surface area contributed by atoms with Crippen molar-refractivity contribution in [1.29, 1.82) is 0 Å². The monoisotopic (exact) mass is 268 g/mol. The molecule has 0 atom stereocenters. The summed E-state index contributed by atoms with van der Waals surface area (Å²) in [5.74, 6) is 0.803. The van der Waals surface area contributed by atoms with E-state index in [0.29, 0.717) is 0 Å². The first-order valence-electron chi connectivity index (χ1n) is 7.25. The SMILES string of the molecule is CCNCc1cnc(N2CCCc3ccccc32)nc1. The van der Waals surface area contributed by atoms with Crippen LogP contribution in [0, 0.1) is 0 Å². The molecule has 1 aromatic carbocycles. The van der Waals surface area contributed by atoms with E-state index >= 15 is 0 Å². The minimum absolute atomic E-state index is 0.803. The molecule has 2 heterocycles. The van der Waals surface area contributed by atoms with Crippen LogP contribution in [0.25, 0.3) is 0 Å². The Kier molecular flexibility index (Phi) is 3.92. The average Bonchev–Trinajstić information content (AvgIpc) is 2.53. The molecule has 0 fully saturated rings. The molecule has 4 nitrogen and oxygen atoms in total. The topological polar surface area (TPSA) is 41.1 Å². The van der Waals surface area contributed by atoms with Gasteiger partial charge in [-0.1, -0.05) is 25.1 Å². The molecule has 20 heavy (non-hydrogen) atoms. The molecule has 1 aromatic heterocycles. The molecule has 104 valence electrons.